The zero-order chi connectivity index (χ0) is 30.7. The number of fused-ring (bicyclic) bond motifs is 1. The van der Waals surface area contributed by atoms with E-state index in [1.807, 2.05) is 48.5 Å². The number of hydrogen-bond acceptors (Lipinski definition) is 10. The third-order valence-electron chi connectivity index (χ3n) is 8.29. The maximum absolute atomic E-state index is 14.0. The molecule has 0 N–H and O–H groups in total. The summed E-state index contributed by atoms with van der Waals surface area (Å²) in [5, 5.41) is 0. The van der Waals surface area contributed by atoms with Gasteiger partial charge in [0.25, 0.3) is 5.79 Å². The predicted octanol–water partition coefficient (Wildman–Crippen LogP) is 4.97. The number of esters is 1. The van der Waals surface area contributed by atoms with Gasteiger partial charge in [0, 0.05) is 24.1 Å². The van der Waals surface area contributed by atoms with Crippen molar-refractivity contribution in [1.82, 2.24) is 4.90 Å². The van der Waals surface area contributed by atoms with Gasteiger partial charge < -0.3 is 42.8 Å². The third kappa shape index (κ3) is 5.51. The van der Waals surface area contributed by atoms with Crippen molar-refractivity contribution in [2.75, 3.05) is 61.5 Å². The van der Waals surface area contributed by atoms with Crippen molar-refractivity contribution in [2.45, 2.75) is 25.0 Å². The predicted molar refractivity (Wildman–Crippen MR) is 162 cm³/mol. The number of nitrogens with zero attached hydrogens (tertiary/aromatic N) is 1. The standard InChI is InChI=1S/C34H37NO9/c1-37-25-10-8-24(9-11-25)34(43-16-15-35-13-5-6-14-35)26(17-22-18-29(38-2)32(40-4)30(19-22)39-3)31(33(36)44-34)23-7-12-27-28(20-23)42-21-41-27/h7-12,18-20H,5-6,13-17,21H2,1-4H3. The van der Waals surface area contributed by atoms with Crippen molar-refractivity contribution >= 4 is 11.5 Å². The number of ether oxygens (including phenoxy) is 8. The van der Waals surface area contributed by atoms with E-state index < -0.39 is 11.8 Å². The van der Waals surface area contributed by atoms with Gasteiger partial charge in [0.05, 0.1) is 40.6 Å². The Morgan fingerprint density at radius 2 is 1.52 bits per heavy atom. The van der Waals surface area contributed by atoms with Gasteiger partial charge in [0.15, 0.2) is 23.0 Å². The molecule has 3 aliphatic heterocycles. The Labute approximate surface area is 257 Å². The van der Waals surface area contributed by atoms with E-state index in [0.29, 0.717) is 69.9 Å². The Morgan fingerprint density at radius 3 is 2.18 bits per heavy atom. The Morgan fingerprint density at radius 1 is 0.818 bits per heavy atom. The van der Waals surface area contributed by atoms with Crippen LogP contribution in [-0.4, -0.2) is 72.3 Å². The molecule has 0 bridgehead atoms. The minimum atomic E-state index is -1.50. The summed E-state index contributed by atoms with van der Waals surface area (Å²) in [6, 6.07) is 16.6. The fourth-order valence-corrected chi connectivity index (χ4v) is 6.09. The number of hydrogen-bond donors (Lipinski definition) is 0. The molecule has 6 rings (SSSR count). The van der Waals surface area contributed by atoms with Crippen molar-refractivity contribution in [1.29, 1.82) is 0 Å². The molecule has 0 aliphatic carbocycles. The van der Waals surface area contributed by atoms with Crippen LogP contribution in [0.1, 0.15) is 29.5 Å². The molecule has 0 saturated carbocycles. The minimum Gasteiger partial charge on any atom is -0.497 e. The Kier molecular flexibility index (Phi) is 8.54. The van der Waals surface area contributed by atoms with E-state index in [1.165, 1.54) is 12.8 Å². The second kappa shape index (κ2) is 12.7. The molecular formula is C34H37NO9. The summed E-state index contributed by atoms with van der Waals surface area (Å²) in [6.07, 6.45) is 2.61. The molecular weight excluding hydrogens is 566 g/mol. The minimum absolute atomic E-state index is 0.121. The van der Waals surface area contributed by atoms with Gasteiger partial charge in [0.1, 0.15) is 5.75 Å². The number of likely N-dealkylation sites (tertiary alicyclic amines) is 1. The van der Waals surface area contributed by atoms with Gasteiger partial charge in [-0.05, 0) is 85.6 Å². The van der Waals surface area contributed by atoms with Gasteiger partial charge >= 0.3 is 5.97 Å². The Hall–Kier alpha value is -4.41. The van der Waals surface area contributed by atoms with Gasteiger partial charge in [-0.2, -0.15) is 0 Å². The average molecular weight is 604 g/mol. The van der Waals surface area contributed by atoms with Crippen molar-refractivity contribution in [2.24, 2.45) is 0 Å². The largest absolute Gasteiger partial charge is 0.497 e. The first-order valence-corrected chi connectivity index (χ1v) is 14.7. The highest BCUT2D eigenvalue weighted by Gasteiger charge is 2.51. The molecule has 0 radical (unpaired) electrons. The number of methoxy groups -OCH3 is 4. The van der Waals surface area contributed by atoms with Gasteiger partial charge in [-0.15, -0.1) is 0 Å². The van der Waals surface area contributed by atoms with Gasteiger partial charge in [-0.25, -0.2) is 4.79 Å². The van der Waals surface area contributed by atoms with Crippen LogP contribution in [-0.2, 0) is 26.5 Å². The summed E-state index contributed by atoms with van der Waals surface area (Å²) in [5.41, 5.74) is 3.16. The van der Waals surface area contributed by atoms with Gasteiger partial charge in [-0.3, -0.25) is 0 Å². The number of rotatable bonds is 12. The number of carbonyl (C=O) groups is 1. The summed E-state index contributed by atoms with van der Waals surface area (Å²) in [6.45, 7) is 3.24. The lowest BCUT2D eigenvalue weighted by molar-refractivity contribution is -0.209. The Bertz CT molecular complexity index is 1520. The van der Waals surface area contributed by atoms with E-state index in [9.17, 15) is 4.79 Å². The van der Waals surface area contributed by atoms with Crippen LogP contribution in [0.5, 0.6) is 34.5 Å². The van der Waals surface area contributed by atoms with Crippen LogP contribution >= 0.6 is 0 Å². The van der Waals surface area contributed by atoms with Gasteiger partial charge in [0.2, 0.25) is 12.5 Å². The van der Waals surface area contributed by atoms with E-state index in [0.717, 1.165) is 18.7 Å². The topological polar surface area (TPSA) is 94.2 Å². The molecule has 0 spiro atoms. The quantitative estimate of drug-likeness (QED) is 0.264. The van der Waals surface area contributed by atoms with Crippen molar-refractivity contribution < 1.29 is 42.7 Å². The average Bonchev–Trinajstić information content (AvgIpc) is 3.80. The number of benzene rings is 3. The summed E-state index contributed by atoms with van der Waals surface area (Å²) in [5.74, 6) is 1.34. The highest BCUT2D eigenvalue weighted by Crippen LogP contribution is 2.50. The molecule has 10 heteroatoms. The summed E-state index contributed by atoms with van der Waals surface area (Å²) < 4.78 is 46.6. The zero-order valence-electron chi connectivity index (χ0n) is 25.5. The van der Waals surface area contributed by atoms with E-state index in [1.54, 1.807) is 34.5 Å². The second-order valence-corrected chi connectivity index (χ2v) is 10.8. The van der Waals surface area contributed by atoms with Crippen LogP contribution in [0.25, 0.3) is 5.57 Å². The molecule has 3 aromatic rings. The fourth-order valence-electron chi connectivity index (χ4n) is 6.09. The SMILES string of the molecule is COc1ccc(C2(OCCN3CCCC3)OC(=O)C(c3ccc4c(c3)OCO4)=C2Cc2cc(OC)c(OC)c(OC)c2)cc1. The molecule has 44 heavy (non-hydrogen) atoms. The monoisotopic (exact) mass is 603 g/mol. The molecule has 1 saturated heterocycles. The maximum Gasteiger partial charge on any atom is 0.342 e. The molecule has 0 aromatic heterocycles. The van der Waals surface area contributed by atoms with Crippen LogP contribution < -0.4 is 28.4 Å². The highest BCUT2D eigenvalue weighted by molar-refractivity contribution is 6.20. The molecule has 1 fully saturated rings. The molecule has 232 valence electrons. The number of cyclic esters (lactones) is 1. The molecule has 3 heterocycles. The lowest BCUT2D eigenvalue weighted by atomic mass is 9.87. The fraction of sp³-hybridized carbons (Fsp3) is 0.382. The summed E-state index contributed by atoms with van der Waals surface area (Å²) in [7, 11) is 6.32. The molecule has 3 aliphatic rings. The van der Waals surface area contributed by atoms with Crippen LogP contribution in [0.2, 0.25) is 0 Å². The lowest BCUT2D eigenvalue weighted by Gasteiger charge is -2.32. The van der Waals surface area contributed by atoms with Crippen LogP contribution in [0.4, 0.5) is 0 Å². The van der Waals surface area contributed by atoms with E-state index in [2.05, 4.69) is 4.90 Å². The first-order chi connectivity index (χ1) is 21.5. The van der Waals surface area contributed by atoms with Crippen molar-refractivity contribution in [3.8, 4) is 34.5 Å². The molecule has 3 aromatic carbocycles. The zero-order valence-corrected chi connectivity index (χ0v) is 25.5. The summed E-state index contributed by atoms with van der Waals surface area (Å²) >= 11 is 0. The lowest BCUT2D eigenvalue weighted by Crippen LogP contribution is -2.36. The van der Waals surface area contributed by atoms with Crippen LogP contribution in [0.3, 0.4) is 0 Å². The first-order valence-electron chi connectivity index (χ1n) is 14.7. The van der Waals surface area contributed by atoms with Crippen molar-refractivity contribution in [3.05, 3.63) is 76.9 Å². The van der Waals surface area contributed by atoms with Crippen molar-refractivity contribution in [3.63, 3.8) is 0 Å². The summed E-state index contributed by atoms with van der Waals surface area (Å²) in [4.78, 5) is 16.4. The third-order valence-corrected chi connectivity index (χ3v) is 8.29. The highest BCUT2D eigenvalue weighted by atomic mass is 16.7. The van der Waals surface area contributed by atoms with Crippen LogP contribution in [0.15, 0.2) is 60.2 Å². The second-order valence-electron chi connectivity index (χ2n) is 10.8. The Balaban J connectivity index is 1.51. The van der Waals surface area contributed by atoms with E-state index in [-0.39, 0.29) is 13.2 Å². The molecule has 0 amide bonds. The van der Waals surface area contributed by atoms with Crippen LogP contribution in [0, 0.1) is 0 Å². The molecule has 1 unspecified atom stereocenters. The molecule has 10 nitrogen and oxygen atoms in total. The first kappa shape index (κ1) is 29.7. The van der Waals surface area contributed by atoms with E-state index >= 15 is 0 Å². The number of carbonyl (C=O) groups excluding carboxylic acids is 1. The van der Waals surface area contributed by atoms with E-state index in [4.69, 9.17) is 37.9 Å². The maximum atomic E-state index is 14.0. The molecule has 1 atom stereocenters. The van der Waals surface area contributed by atoms with Gasteiger partial charge in [-0.1, -0.05) is 6.07 Å². The smallest absolute Gasteiger partial charge is 0.342 e. The normalized spacial score (nSPS) is 19.3.